The van der Waals surface area contributed by atoms with Gasteiger partial charge in [0.1, 0.15) is 0 Å². The molecule has 1 unspecified atom stereocenters. The Morgan fingerprint density at radius 2 is 1.77 bits per heavy atom. The average Bonchev–Trinajstić information content (AvgIpc) is 3.20. The minimum absolute atomic E-state index is 0.111. The van der Waals surface area contributed by atoms with E-state index in [1.165, 1.54) is 16.2 Å². The molecule has 1 aliphatic heterocycles. The van der Waals surface area contributed by atoms with Crippen LogP contribution in [0.15, 0.2) is 37.1 Å². The number of benzene rings is 1. The maximum atomic E-state index is 12.5. The predicted molar refractivity (Wildman–Crippen MR) is 163 cm³/mol. The molecule has 1 heterocycles. The van der Waals surface area contributed by atoms with Crippen LogP contribution in [0.3, 0.4) is 0 Å². The van der Waals surface area contributed by atoms with Crippen LogP contribution in [0, 0.1) is 0 Å². The fourth-order valence-electron chi connectivity index (χ4n) is 4.23. The maximum absolute atomic E-state index is 12.5. The minimum atomic E-state index is -0.426. The number of hydrogen-bond acceptors (Lipinski definition) is 6. The number of nitrogens with one attached hydrogen (secondary N) is 2. The van der Waals surface area contributed by atoms with Gasteiger partial charge in [-0.2, -0.15) is 0 Å². The molecule has 220 valence electrons. The number of likely N-dealkylation sites (tertiary alicyclic amines) is 1. The lowest BCUT2D eigenvalue weighted by molar-refractivity contribution is -0.138. The Morgan fingerprint density at radius 1 is 1.18 bits per heavy atom. The van der Waals surface area contributed by atoms with Gasteiger partial charge in [-0.25, -0.2) is 0 Å². The number of rotatable bonds is 14. The van der Waals surface area contributed by atoms with Gasteiger partial charge in [0.05, 0.1) is 11.9 Å². The Bertz CT molecular complexity index is 834. The molecule has 3 N–H and O–H groups in total. The lowest BCUT2D eigenvalue weighted by Gasteiger charge is -2.26. The number of amides is 3. The first-order chi connectivity index (χ1) is 18.5. The molecular weight excluding hydrogens is 493 g/mol. The highest BCUT2D eigenvalue weighted by molar-refractivity contribution is 6.65. The molecule has 0 spiro atoms. The van der Waals surface area contributed by atoms with E-state index in [1.54, 1.807) is 0 Å². The van der Waals surface area contributed by atoms with Gasteiger partial charge in [-0.3, -0.25) is 19.3 Å². The van der Waals surface area contributed by atoms with Crippen molar-refractivity contribution in [3.8, 4) is 0 Å². The third-order valence-corrected chi connectivity index (χ3v) is 6.81. The zero-order valence-corrected chi connectivity index (χ0v) is 25.3. The molecule has 39 heavy (non-hydrogen) atoms. The van der Waals surface area contributed by atoms with Gasteiger partial charge in [0.25, 0.3) is 0 Å². The van der Waals surface area contributed by atoms with Gasteiger partial charge in [-0.1, -0.05) is 65.5 Å². The molecule has 1 aliphatic rings. The largest absolute Gasteiger partial charge is 0.516 e. The van der Waals surface area contributed by atoms with Crippen molar-refractivity contribution in [2.45, 2.75) is 97.7 Å². The number of aliphatic hydroxyl groups excluding tert-OH is 1. The Morgan fingerprint density at radius 3 is 2.26 bits per heavy atom. The Hall–Kier alpha value is -2.81. The lowest BCUT2D eigenvalue weighted by atomic mass is 9.37. The van der Waals surface area contributed by atoms with Crippen molar-refractivity contribution in [1.29, 1.82) is 0 Å². The first-order valence-corrected chi connectivity index (χ1v) is 14.3. The maximum Gasteiger partial charge on any atom is 0.229 e. The van der Waals surface area contributed by atoms with E-state index in [0.717, 1.165) is 38.2 Å². The standard InChI is InChI=1S/C19H35BN2O4.C9H13N.C2H4O/c1-6-9-12-26-19(4,5)14-21-16(23)10-11-22-17(24)13-15(18(22)25)20(7-2)8-3;1-3-8-4-6-9(10-2)7-5-8;1-2-3/h15H,6-14H2,1-5H3,(H,21,23);4-7,10H,3H2,1-2H3;2-3H,1H2. The summed E-state index contributed by atoms with van der Waals surface area (Å²) in [4.78, 5) is 38.0. The number of aliphatic hydroxyl groups is 1. The summed E-state index contributed by atoms with van der Waals surface area (Å²) < 4.78 is 5.76. The fraction of sp³-hybridized carbons (Fsp3) is 0.633. The number of nitrogens with zero attached hydrogens (tertiary/aromatic N) is 1. The number of ether oxygens (including phenoxy) is 1. The van der Waals surface area contributed by atoms with Gasteiger partial charge in [0, 0.05) is 51.1 Å². The van der Waals surface area contributed by atoms with Gasteiger partial charge >= 0.3 is 0 Å². The van der Waals surface area contributed by atoms with Crippen LogP contribution in [0.4, 0.5) is 5.69 Å². The number of unbranched alkanes of at least 4 members (excludes halogenated alkanes) is 1. The SMILES string of the molecule is C=CO.CCCCOC(C)(C)CNC(=O)CCN1C(=O)CC(B(CC)CC)C1=O.CCc1ccc(NC)cc1. The molecule has 1 aromatic rings. The van der Waals surface area contributed by atoms with E-state index in [2.05, 4.69) is 55.3 Å². The number of carbonyl (C=O) groups is 3. The summed E-state index contributed by atoms with van der Waals surface area (Å²) in [5, 5.41) is 13.3. The van der Waals surface area contributed by atoms with Crippen molar-refractivity contribution in [2.24, 2.45) is 0 Å². The Balaban J connectivity index is 0.000000912. The highest BCUT2D eigenvalue weighted by Gasteiger charge is 2.42. The molecule has 0 saturated carbocycles. The number of hydrogen-bond donors (Lipinski definition) is 3. The van der Waals surface area contributed by atoms with Crippen LogP contribution in [0.5, 0.6) is 0 Å². The topological polar surface area (TPSA) is 108 Å². The third kappa shape index (κ3) is 14.2. The first-order valence-electron chi connectivity index (χ1n) is 14.3. The summed E-state index contributed by atoms with van der Waals surface area (Å²) in [6.07, 6.45) is 6.13. The normalized spacial score (nSPS) is 14.5. The molecule has 2 rings (SSSR count). The van der Waals surface area contributed by atoms with Crippen molar-refractivity contribution in [3.63, 3.8) is 0 Å². The van der Waals surface area contributed by atoms with Crippen LogP contribution in [-0.2, 0) is 25.5 Å². The van der Waals surface area contributed by atoms with Gasteiger partial charge in [-0.15, -0.1) is 0 Å². The van der Waals surface area contributed by atoms with Crippen molar-refractivity contribution >= 4 is 30.1 Å². The summed E-state index contributed by atoms with van der Waals surface area (Å²) in [5.74, 6) is -0.641. The number of imide groups is 1. The van der Waals surface area contributed by atoms with E-state index in [4.69, 9.17) is 9.84 Å². The highest BCUT2D eigenvalue weighted by atomic mass is 16.5. The molecular formula is C30H52BN3O5. The summed E-state index contributed by atoms with van der Waals surface area (Å²) in [7, 11) is 1.93. The van der Waals surface area contributed by atoms with Crippen LogP contribution in [0.1, 0.15) is 72.8 Å². The second kappa shape index (κ2) is 20.1. The van der Waals surface area contributed by atoms with Gasteiger partial charge in [-0.05, 0) is 44.4 Å². The van der Waals surface area contributed by atoms with E-state index in [1.807, 2.05) is 34.7 Å². The Labute approximate surface area is 237 Å². The van der Waals surface area contributed by atoms with E-state index >= 15 is 0 Å². The quantitative estimate of drug-likeness (QED) is 0.119. The third-order valence-electron chi connectivity index (χ3n) is 6.81. The fourth-order valence-corrected chi connectivity index (χ4v) is 4.23. The zero-order valence-electron chi connectivity index (χ0n) is 25.3. The van der Waals surface area contributed by atoms with Crippen LogP contribution in [0.2, 0.25) is 18.5 Å². The minimum Gasteiger partial charge on any atom is -0.516 e. The smallest absolute Gasteiger partial charge is 0.229 e. The zero-order chi connectivity index (χ0) is 29.8. The highest BCUT2D eigenvalue weighted by Crippen LogP contribution is 2.31. The second-order valence-corrected chi connectivity index (χ2v) is 10.2. The monoisotopic (exact) mass is 545 g/mol. The van der Waals surface area contributed by atoms with Crippen LogP contribution in [0.25, 0.3) is 0 Å². The summed E-state index contributed by atoms with van der Waals surface area (Å²) in [6, 6.07) is 8.48. The van der Waals surface area contributed by atoms with Gasteiger partial charge in [0.15, 0.2) is 6.71 Å². The molecule has 3 amide bonds. The van der Waals surface area contributed by atoms with Crippen LogP contribution >= 0.6 is 0 Å². The molecule has 8 nitrogen and oxygen atoms in total. The van der Waals surface area contributed by atoms with E-state index in [-0.39, 0.29) is 49.6 Å². The Kier molecular flexibility index (Phi) is 18.7. The van der Waals surface area contributed by atoms with Crippen LogP contribution in [-0.4, -0.2) is 66.8 Å². The van der Waals surface area contributed by atoms with Crippen molar-refractivity contribution < 1.29 is 24.2 Å². The summed E-state index contributed by atoms with van der Waals surface area (Å²) in [5.41, 5.74) is 2.14. The predicted octanol–water partition coefficient (Wildman–Crippen LogP) is 5.73. The molecule has 0 radical (unpaired) electrons. The molecule has 1 aromatic carbocycles. The summed E-state index contributed by atoms with van der Waals surface area (Å²) >= 11 is 0. The number of anilines is 1. The van der Waals surface area contributed by atoms with Gasteiger partial charge < -0.3 is 20.5 Å². The van der Waals surface area contributed by atoms with E-state index in [9.17, 15) is 14.4 Å². The average molecular weight is 546 g/mol. The molecule has 0 aliphatic carbocycles. The second-order valence-electron chi connectivity index (χ2n) is 10.2. The van der Waals surface area contributed by atoms with Crippen LogP contribution < -0.4 is 10.6 Å². The van der Waals surface area contributed by atoms with E-state index in [0.29, 0.717) is 13.2 Å². The van der Waals surface area contributed by atoms with Crippen molar-refractivity contribution in [1.82, 2.24) is 10.2 Å². The number of aryl methyl sites for hydroxylation is 1. The summed E-state index contributed by atoms with van der Waals surface area (Å²) in [6.45, 7) is 16.7. The molecule has 0 aromatic heterocycles. The molecule has 1 saturated heterocycles. The van der Waals surface area contributed by atoms with Crippen molar-refractivity contribution in [2.75, 3.05) is 32.1 Å². The molecule has 1 atom stereocenters. The number of carbonyl (C=O) groups excluding carboxylic acids is 3. The van der Waals surface area contributed by atoms with Gasteiger partial charge in [0.2, 0.25) is 17.7 Å². The molecule has 1 fully saturated rings. The molecule has 0 bridgehead atoms. The first kappa shape index (κ1) is 36.2. The van der Waals surface area contributed by atoms with E-state index < -0.39 is 5.60 Å². The van der Waals surface area contributed by atoms with Crippen molar-refractivity contribution in [3.05, 3.63) is 42.7 Å². The molecule has 9 heteroatoms. The lowest BCUT2D eigenvalue weighted by Crippen LogP contribution is -2.42.